The van der Waals surface area contributed by atoms with Crippen molar-refractivity contribution in [2.75, 3.05) is 14.2 Å². The van der Waals surface area contributed by atoms with E-state index in [2.05, 4.69) is 6.58 Å². The molecule has 0 saturated heterocycles. The molecule has 0 radical (unpaired) electrons. The third-order valence-corrected chi connectivity index (χ3v) is 3.55. The first-order chi connectivity index (χ1) is 10.2. The van der Waals surface area contributed by atoms with Crippen molar-refractivity contribution in [3.8, 4) is 11.5 Å². The second-order valence-corrected chi connectivity index (χ2v) is 4.69. The van der Waals surface area contributed by atoms with E-state index in [0.717, 1.165) is 23.3 Å². The summed E-state index contributed by atoms with van der Waals surface area (Å²) in [5, 5.41) is 0. The number of benzene rings is 1. The fourth-order valence-corrected chi connectivity index (χ4v) is 2.51. The Morgan fingerprint density at radius 2 is 2.00 bits per heavy atom. The fourth-order valence-electron chi connectivity index (χ4n) is 2.51. The van der Waals surface area contributed by atoms with Crippen LogP contribution in [0.2, 0.25) is 0 Å². The van der Waals surface area contributed by atoms with Crippen molar-refractivity contribution in [2.45, 2.75) is 18.9 Å². The summed E-state index contributed by atoms with van der Waals surface area (Å²) in [4.78, 5) is 0. The highest BCUT2D eigenvalue weighted by atomic mass is 16.5. The van der Waals surface area contributed by atoms with Crippen LogP contribution in [0.25, 0.3) is 0 Å². The summed E-state index contributed by atoms with van der Waals surface area (Å²) in [6.07, 6.45) is 4.37. The molecule has 4 nitrogen and oxygen atoms in total. The number of nitrogens with two attached hydrogens (primary N) is 1. The van der Waals surface area contributed by atoms with Crippen LogP contribution in [0.4, 0.5) is 0 Å². The van der Waals surface area contributed by atoms with Gasteiger partial charge in [-0.2, -0.15) is 0 Å². The van der Waals surface area contributed by atoms with E-state index in [9.17, 15) is 0 Å². The smallest absolute Gasteiger partial charge is 0.161 e. The van der Waals surface area contributed by atoms with Crippen LogP contribution < -0.4 is 15.2 Å². The summed E-state index contributed by atoms with van der Waals surface area (Å²) in [7, 11) is 3.26. The lowest BCUT2D eigenvalue weighted by Crippen LogP contribution is -2.05. The van der Waals surface area contributed by atoms with E-state index in [0.29, 0.717) is 18.0 Å². The van der Waals surface area contributed by atoms with E-state index in [-0.39, 0.29) is 5.92 Å². The van der Waals surface area contributed by atoms with Gasteiger partial charge in [0.2, 0.25) is 0 Å². The second kappa shape index (κ2) is 6.99. The fraction of sp³-hybridized carbons (Fsp3) is 0.294. The molecule has 2 rings (SSSR count). The van der Waals surface area contributed by atoms with Crippen LogP contribution in [0.5, 0.6) is 11.5 Å². The lowest BCUT2D eigenvalue weighted by molar-refractivity contribution is 0.354. The van der Waals surface area contributed by atoms with Gasteiger partial charge in [0.15, 0.2) is 11.5 Å². The van der Waals surface area contributed by atoms with Crippen molar-refractivity contribution in [1.29, 1.82) is 0 Å². The topological polar surface area (TPSA) is 57.6 Å². The first-order valence-electron chi connectivity index (χ1n) is 6.84. The highest BCUT2D eigenvalue weighted by Gasteiger charge is 2.19. The number of furan rings is 1. The molecule has 0 amide bonds. The van der Waals surface area contributed by atoms with Gasteiger partial charge >= 0.3 is 0 Å². The first kappa shape index (κ1) is 15.2. The quantitative estimate of drug-likeness (QED) is 0.792. The zero-order valence-electron chi connectivity index (χ0n) is 12.5. The largest absolute Gasteiger partial charge is 0.493 e. The van der Waals surface area contributed by atoms with E-state index in [1.165, 1.54) is 0 Å². The van der Waals surface area contributed by atoms with Gasteiger partial charge in [0, 0.05) is 11.5 Å². The SMILES string of the molecule is C=CCC(c1ccc(OC)c(OC)c1)c1ccoc1CN. The van der Waals surface area contributed by atoms with Gasteiger partial charge in [0.25, 0.3) is 0 Å². The number of hydrogen-bond donors (Lipinski definition) is 1. The number of methoxy groups -OCH3 is 2. The number of rotatable bonds is 7. The zero-order chi connectivity index (χ0) is 15.2. The minimum absolute atomic E-state index is 0.139. The minimum Gasteiger partial charge on any atom is -0.493 e. The molecule has 0 aliphatic rings. The molecule has 2 N–H and O–H groups in total. The Morgan fingerprint density at radius 3 is 2.62 bits per heavy atom. The molecule has 21 heavy (non-hydrogen) atoms. The molecule has 4 heteroatoms. The van der Waals surface area contributed by atoms with Crippen LogP contribution in [0.3, 0.4) is 0 Å². The van der Waals surface area contributed by atoms with Crippen molar-refractivity contribution in [3.63, 3.8) is 0 Å². The van der Waals surface area contributed by atoms with Crippen LogP contribution in [-0.2, 0) is 6.54 Å². The maximum absolute atomic E-state index is 5.74. The Labute approximate surface area is 125 Å². The summed E-state index contributed by atoms with van der Waals surface area (Å²) in [6, 6.07) is 7.89. The van der Waals surface area contributed by atoms with Crippen LogP contribution in [-0.4, -0.2) is 14.2 Å². The average molecular weight is 287 g/mol. The molecule has 1 aromatic heterocycles. The Balaban J connectivity index is 2.45. The number of hydrogen-bond acceptors (Lipinski definition) is 4. The van der Waals surface area contributed by atoms with Crippen LogP contribution in [0.15, 0.2) is 47.6 Å². The van der Waals surface area contributed by atoms with E-state index < -0.39 is 0 Å². The van der Waals surface area contributed by atoms with Gasteiger partial charge in [-0.3, -0.25) is 0 Å². The second-order valence-electron chi connectivity index (χ2n) is 4.69. The van der Waals surface area contributed by atoms with Crippen LogP contribution in [0.1, 0.15) is 29.2 Å². The molecule has 1 heterocycles. The summed E-state index contributed by atoms with van der Waals surface area (Å²) in [6.45, 7) is 4.23. The Bertz CT molecular complexity index is 604. The molecular weight excluding hydrogens is 266 g/mol. The standard InChI is InChI=1S/C17H21NO3/c1-4-5-13(14-8-9-21-17(14)11-18)12-6-7-15(19-2)16(10-12)20-3/h4,6-10,13H,1,5,11,18H2,2-3H3. The van der Waals surface area contributed by atoms with Crippen molar-refractivity contribution in [3.05, 3.63) is 60.1 Å². The van der Waals surface area contributed by atoms with E-state index >= 15 is 0 Å². The molecule has 1 atom stereocenters. The van der Waals surface area contributed by atoms with Gasteiger partial charge < -0.3 is 19.6 Å². The lowest BCUT2D eigenvalue weighted by Gasteiger charge is -2.18. The zero-order valence-corrected chi connectivity index (χ0v) is 12.5. The molecule has 1 aromatic carbocycles. The number of ether oxygens (including phenoxy) is 2. The van der Waals surface area contributed by atoms with Crippen molar-refractivity contribution < 1.29 is 13.9 Å². The normalized spacial score (nSPS) is 12.0. The maximum atomic E-state index is 5.74. The maximum Gasteiger partial charge on any atom is 0.161 e. The molecular formula is C17H21NO3. The van der Waals surface area contributed by atoms with Crippen molar-refractivity contribution in [1.82, 2.24) is 0 Å². The van der Waals surface area contributed by atoms with Gasteiger partial charge in [-0.25, -0.2) is 0 Å². The monoisotopic (exact) mass is 287 g/mol. The minimum atomic E-state index is 0.139. The predicted octanol–water partition coefficient (Wildman–Crippen LogP) is 3.46. The summed E-state index contributed by atoms with van der Waals surface area (Å²) >= 11 is 0. The highest BCUT2D eigenvalue weighted by Crippen LogP contribution is 2.36. The third-order valence-electron chi connectivity index (χ3n) is 3.55. The van der Waals surface area contributed by atoms with Gasteiger partial charge in [-0.15, -0.1) is 6.58 Å². The van der Waals surface area contributed by atoms with Crippen molar-refractivity contribution >= 4 is 0 Å². The molecule has 112 valence electrons. The van der Waals surface area contributed by atoms with E-state index in [1.54, 1.807) is 20.5 Å². The van der Waals surface area contributed by atoms with Gasteiger partial charge in [0.1, 0.15) is 5.76 Å². The molecule has 1 unspecified atom stereocenters. The summed E-state index contributed by atoms with van der Waals surface area (Å²) in [5.41, 5.74) is 7.95. The average Bonchev–Trinajstić information content (AvgIpc) is 3.00. The van der Waals surface area contributed by atoms with Crippen molar-refractivity contribution in [2.24, 2.45) is 5.73 Å². The molecule has 0 bridgehead atoms. The van der Waals surface area contributed by atoms with E-state index in [1.807, 2.05) is 30.3 Å². The predicted molar refractivity (Wildman–Crippen MR) is 82.8 cm³/mol. The molecule has 2 aromatic rings. The van der Waals surface area contributed by atoms with Gasteiger partial charge in [0.05, 0.1) is 27.0 Å². The molecule has 0 aliphatic heterocycles. The number of allylic oxidation sites excluding steroid dienone is 1. The Morgan fingerprint density at radius 1 is 1.24 bits per heavy atom. The Hall–Kier alpha value is -2.20. The molecule has 0 aliphatic carbocycles. The van der Waals surface area contributed by atoms with Gasteiger partial charge in [-0.05, 0) is 30.2 Å². The highest BCUT2D eigenvalue weighted by molar-refractivity contribution is 5.46. The first-order valence-corrected chi connectivity index (χ1v) is 6.84. The van der Waals surface area contributed by atoms with Gasteiger partial charge in [-0.1, -0.05) is 12.1 Å². The summed E-state index contributed by atoms with van der Waals surface area (Å²) in [5.74, 6) is 2.36. The molecule has 0 fully saturated rings. The Kier molecular flexibility index (Phi) is 5.06. The lowest BCUT2D eigenvalue weighted by atomic mass is 9.88. The van der Waals surface area contributed by atoms with Crippen LogP contribution >= 0.6 is 0 Å². The van der Waals surface area contributed by atoms with E-state index in [4.69, 9.17) is 19.6 Å². The molecule has 0 spiro atoms. The molecule has 0 saturated carbocycles. The van der Waals surface area contributed by atoms with Crippen LogP contribution in [0, 0.1) is 0 Å². The summed E-state index contributed by atoms with van der Waals surface area (Å²) < 4.78 is 16.1. The third kappa shape index (κ3) is 3.11.